The molecule has 0 aromatic rings. The van der Waals surface area contributed by atoms with Gasteiger partial charge in [-0.05, 0) is 149 Å². The van der Waals surface area contributed by atoms with Crippen LogP contribution in [0.4, 0.5) is 0 Å². The van der Waals surface area contributed by atoms with Gasteiger partial charge in [0.05, 0.1) is 5.75 Å². The van der Waals surface area contributed by atoms with Crippen LogP contribution in [0.1, 0.15) is 227 Å². The van der Waals surface area contributed by atoms with Crippen molar-refractivity contribution in [1.82, 2.24) is 5.32 Å². The summed E-state index contributed by atoms with van der Waals surface area (Å²) in [7, 11) is -4.07. The molecule has 0 spiro atoms. The van der Waals surface area contributed by atoms with Gasteiger partial charge in [0.15, 0.2) is 0 Å². The predicted octanol–water partition coefficient (Wildman–Crippen LogP) is 13.9. The Morgan fingerprint density at radius 2 is 1.30 bits per heavy atom. The Kier molecular flexibility index (Phi) is 22.8. The Labute approximate surface area is 369 Å². The zero-order valence-corrected chi connectivity index (χ0v) is 39.9. The Bertz CT molecular complexity index is 1410. The molecule has 2 N–H and O–H groups in total. The zero-order valence-electron chi connectivity index (χ0n) is 39.1. The van der Waals surface area contributed by atoms with Gasteiger partial charge in [0.25, 0.3) is 10.1 Å². The average Bonchev–Trinajstić information content (AvgIpc) is 3.57. The number of ether oxygens (including phenoxy) is 1. The number of hydrogen-bond donors (Lipinski definition) is 2. The van der Waals surface area contributed by atoms with E-state index in [0.29, 0.717) is 41.4 Å². The van der Waals surface area contributed by atoms with E-state index in [1.54, 1.807) is 0 Å². The van der Waals surface area contributed by atoms with Gasteiger partial charge in [0.2, 0.25) is 5.91 Å². The van der Waals surface area contributed by atoms with Crippen LogP contribution in [0.5, 0.6) is 0 Å². The fourth-order valence-corrected chi connectivity index (χ4v) is 13.4. The molecule has 8 heteroatoms. The Morgan fingerprint density at radius 3 is 1.93 bits per heavy atom. The standard InChI is InChI=1S/C52H91NO6S/c1-5-6-7-8-9-10-11-12-13-14-15-16-17-18-19-20-21-22-23-24-25-26-27-28-50(55)59-44-35-37-51(3)43(41-44)30-31-45-47-33-32-46(52(47,4)38-36-48(45)51)42(2)29-34-49(54)53-39-40-60(56,57)58/h11-12,14-15,42-48H,5-10,13,16-41H2,1-4H3,(H,53,54)(H,56,57,58)/b12-11-,15-14-. The van der Waals surface area contributed by atoms with Crippen LogP contribution in [0, 0.1) is 46.3 Å². The van der Waals surface area contributed by atoms with Crippen molar-refractivity contribution in [2.24, 2.45) is 46.3 Å². The van der Waals surface area contributed by atoms with E-state index in [4.69, 9.17) is 9.29 Å². The molecule has 0 aliphatic heterocycles. The molecule has 0 aromatic heterocycles. The molecule has 60 heavy (non-hydrogen) atoms. The summed E-state index contributed by atoms with van der Waals surface area (Å²) in [5, 5.41) is 2.66. The highest BCUT2D eigenvalue weighted by Gasteiger charge is 2.60. The molecular weight excluding hydrogens is 767 g/mol. The van der Waals surface area contributed by atoms with Gasteiger partial charge in [-0.2, -0.15) is 8.42 Å². The summed E-state index contributed by atoms with van der Waals surface area (Å²) < 4.78 is 37.1. The summed E-state index contributed by atoms with van der Waals surface area (Å²) in [5.41, 5.74) is 0.665. The van der Waals surface area contributed by atoms with Crippen molar-refractivity contribution in [3.63, 3.8) is 0 Å². The third kappa shape index (κ3) is 16.8. The van der Waals surface area contributed by atoms with Crippen molar-refractivity contribution in [3.05, 3.63) is 24.3 Å². The maximum atomic E-state index is 12.9. The SMILES string of the molecule is CCCCCCC/C=C\C/C=C\CCCCCCCCCCCCCC(=O)OC1CCC2(C)C(CCC3C2CCC2(C)C(C(C)CCC(=O)NCCS(=O)(=O)O)CCC32)C1. The van der Waals surface area contributed by atoms with Gasteiger partial charge in [0.1, 0.15) is 6.10 Å². The fourth-order valence-electron chi connectivity index (χ4n) is 13.0. The first-order valence-electron chi connectivity index (χ1n) is 25.6. The number of allylic oxidation sites excluding steroid dienone is 4. The van der Waals surface area contributed by atoms with Crippen molar-refractivity contribution in [2.45, 2.75) is 233 Å². The maximum Gasteiger partial charge on any atom is 0.306 e. The molecule has 9 unspecified atom stereocenters. The molecule has 0 bridgehead atoms. The highest BCUT2D eigenvalue weighted by Crippen LogP contribution is 2.68. The summed E-state index contributed by atoms with van der Waals surface area (Å²) >= 11 is 0. The van der Waals surface area contributed by atoms with Crippen LogP contribution in [-0.2, 0) is 24.4 Å². The summed E-state index contributed by atoms with van der Waals surface area (Å²) in [6.45, 7) is 9.69. The van der Waals surface area contributed by atoms with E-state index in [0.717, 1.165) is 56.3 Å². The number of hydrogen-bond acceptors (Lipinski definition) is 5. The zero-order chi connectivity index (χ0) is 43.3. The molecule has 0 heterocycles. The third-order valence-electron chi connectivity index (χ3n) is 16.5. The van der Waals surface area contributed by atoms with Gasteiger partial charge in [-0.25, -0.2) is 0 Å². The maximum absolute atomic E-state index is 12.9. The molecule has 4 saturated carbocycles. The first-order chi connectivity index (χ1) is 28.9. The minimum Gasteiger partial charge on any atom is -0.462 e. The number of carbonyl (C=O) groups excluding carboxylic acids is 2. The van der Waals surface area contributed by atoms with Crippen molar-refractivity contribution < 1.29 is 27.3 Å². The molecule has 4 aliphatic rings. The van der Waals surface area contributed by atoms with Crippen molar-refractivity contribution in [3.8, 4) is 0 Å². The molecule has 7 nitrogen and oxygen atoms in total. The molecule has 4 fully saturated rings. The van der Waals surface area contributed by atoms with Crippen molar-refractivity contribution in [1.29, 1.82) is 0 Å². The van der Waals surface area contributed by atoms with Crippen LogP contribution >= 0.6 is 0 Å². The first kappa shape index (κ1) is 51.0. The number of fused-ring (bicyclic) bond motifs is 5. The quantitative estimate of drug-likeness (QED) is 0.0322. The van der Waals surface area contributed by atoms with Gasteiger partial charge in [-0.3, -0.25) is 14.1 Å². The molecule has 0 saturated heterocycles. The van der Waals surface area contributed by atoms with Gasteiger partial charge in [-0.1, -0.05) is 135 Å². The molecule has 346 valence electrons. The van der Waals surface area contributed by atoms with Crippen LogP contribution in [0.3, 0.4) is 0 Å². The number of rotatable bonds is 30. The number of amides is 1. The number of unbranched alkanes of at least 4 members (excludes halogenated alkanes) is 16. The summed E-state index contributed by atoms with van der Waals surface area (Å²) in [6.07, 6.45) is 46.7. The number of esters is 1. The van der Waals surface area contributed by atoms with Crippen molar-refractivity contribution in [2.75, 3.05) is 12.3 Å². The van der Waals surface area contributed by atoms with E-state index < -0.39 is 15.9 Å². The molecule has 1 amide bonds. The third-order valence-corrected chi connectivity index (χ3v) is 17.2. The largest absolute Gasteiger partial charge is 0.462 e. The Morgan fingerprint density at radius 1 is 0.717 bits per heavy atom. The van der Waals surface area contributed by atoms with E-state index >= 15 is 0 Å². The summed E-state index contributed by atoms with van der Waals surface area (Å²) in [4.78, 5) is 25.3. The molecule has 0 radical (unpaired) electrons. The topological polar surface area (TPSA) is 110 Å². The van der Waals surface area contributed by atoms with Crippen LogP contribution in [0.2, 0.25) is 0 Å². The van der Waals surface area contributed by atoms with Crippen LogP contribution in [0.15, 0.2) is 24.3 Å². The number of carbonyl (C=O) groups is 2. The lowest BCUT2D eigenvalue weighted by Crippen LogP contribution is -2.54. The highest BCUT2D eigenvalue weighted by molar-refractivity contribution is 7.85. The van der Waals surface area contributed by atoms with Gasteiger partial charge in [-0.15, -0.1) is 0 Å². The van der Waals surface area contributed by atoms with Gasteiger partial charge >= 0.3 is 5.97 Å². The molecule has 4 rings (SSSR count). The summed E-state index contributed by atoms with van der Waals surface area (Å²) in [6, 6.07) is 0. The normalized spacial score (nSPS) is 29.6. The fraction of sp³-hybridized carbons (Fsp3) is 0.885. The smallest absolute Gasteiger partial charge is 0.306 e. The van der Waals surface area contributed by atoms with Crippen LogP contribution < -0.4 is 5.32 Å². The predicted molar refractivity (Wildman–Crippen MR) is 249 cm³/mol. The van der Waals surface area contributed by atoms with E-state index in [2.05, 4.69) is 57.3 Å². The second-order valence-corrected chi connectivity index (χ2v) is 22.3. The Balaban J connectivity index is 1.00. The second-order valence-electron chi connectivity index (χ2n) is 20.7. The molecule has 9 atom stereocenters. The van der Waals surface area contributed by atoms with Gasteiger partial charge in [0, 0.05) is 19.4 Å². The lowest BCUT2D eigenvalue weighted by atomic mass is 9.44. The lowest BCUT2D eigenvalue weighted by molar-refractivity contribution is -0.162. The monoisotopic (exact) mass is 858 g/mol. The first-order valence-corrected chi connectivity index (χ1v) is 27.2. The molecule has 0 aromatic carbocycles. The van der Waals surface area contributed by atoms with E-state index in [-0.39, 0.29) is 24.5 Å². The number of nitrogens with one attached hydrogen (secondary N) is 1. The lowest BCUT2D eigenvalue weighted by Gasteiger charge is -2.61. The molecular formula is C52H91NO6S. The van der Waals surface area contributed by atoms with E-state index in [1.807, 2.05) is 0 Å². The second kappa shape index (κ2) is 26.8. The Hall–Kier alpha value is -1.67. The highest BCUT2D eigenvalue weighted by atomic mass is 32.2. The van der Waals surface area contributed by atoms with Crippen LogP contribution in [0.25, 0.3) is 0 Å². The van der Waals surface area contributed by atoms with Crippen molar-refractivity contribution >= 4 is 22.0 Å². The van der Waals surface area contributed by atoms with E-state index in [9.17, 15) is 18.0 Å². The van der Waals surface area contributed by atoms with E-state index in [1.165, 1.54) is 148 Å². The minimum atomic E-state index is -4.07. The van der Waals surface area contributed by atoms with Gasteiger partial charge < -0.3 is 10.1 Å². The minimum absolute atomic E-state index is 0.0308. The van der Waals surface area contributed by atoms with Crippen LogP contribution in [-0.4, -0.2) is 43.2 Å². The molecule has 4 aliphatic carbocycles. The summed E-state index contributed by atoms with van der Waals surface area (Å²) in [5.74, 6) is 3.46. The average molecular weight is 858 g/mol.